The number of thiophene rings is 1. The lowest BCUT2D eigenvalue weighted by Crippen LogP contribution is -2.24. The van der Waals surface area contributed by atoms with Crippen LogP contribution in [0.5, 0.6) is 0 Å². The summed E-state index contributed by atoms with van der Waals surface area (Å²) in [6.45, 7) is 4.74. The number of aliphatic hydroxyl groups is 2. The lowest BCUT2D eigenvalue weighted by Gasteiger charge is -2.19. The number of hydrogen-bond acceptors (Lipinski definition) is 6. The van der Waals surface area contributed by atoms with Crippen LogP contribution in [-0.2, 0) is 0 Å². The maximum Gasteiger partial charge on any atom is 0.304 e. The van der Waals surface area contributed by atoms with Crippen molar-refractivity contribution in [3.05, 3.63) is 21.1 Å². The first-order chi connectivity index (χ1) is 8.51. The van der Waals surface area contributed by atoms with Crippen LogP contribution in [0.3, 0.4) is 0 Å². The Morgan fingerprint density at radius 2 is 2.28 bits per heavy atom. The van der Waals surface area contributed by atoms with E-state index in [1.165, 1.54) is 17.4 Å². The van der Waals surface area contributed by atoms with Gasteiger partial charge in [-0.05, 0) is 20.3 Å². The van der Waals surface area contributed by atoms with Crippen LogP contribution in [0.25, 0.3) is 0 Å². The molecule has 0 spiro atoms. The smallest absolute Gasteiger partial charge is 0.304 e. The van der Waals surface area contributed by atoms with Gasteiger partial charge in [0.1, 0.15) is 0 Å². The van der Waals surface area contributed by atoms with Crippen LogP contribution in [0.4, 0.5) is 10.7 Å². The SMILES string of the molecule is CCN(CCCO)c1sc(C(C)O)cc1[N+](=O)[O-]. The lowest BCUT2D eigenvalue weighted by molar-refractivity contribution is -0.383. The Morgan fingerprint density at radius 1 is 1.61 bits per heavy atom. The van der Waals surface area contributed by atoms with Gasteiger partial charge < -0.3 is 15.1 Å². The molecule has 18 heavy (non-hydrogen) atoms. The first kappa shape index (κ1) is 14.9. The average Bonchev–Trinajstić information content (AvgIpc) is 2.75. The minimum absolute atomic E-state index is 0.0238. The molecule has 0 aliphatic heterocycles. The topological polar surface area (TPSA) is 86.8 Å². The van der Waals surface area contributed by atoms with Crippen molar-refractivity contribution >= 4 is 22.0 Å². The molecular weight excluding hydrogens is 256 g/mol. The second-order valence-corrected chi connectivity index (χ2v) is 4.99. The van der Waals surface area contributed by atoms with Crippen molar-refractivity contribution in [2.24, 2.45) is 0 Å². The molecule has 1 atom stereocenters. The second-order valence-electron chi connectivity index (χ2n) is 3.93. The molecule has 0 amide bonds. The van der Waals surface area contributed by atoms with E-state index in [-0.39, 0.29) is 12.3 Å². The summed E-state index contributed by atoms with van der Waals surface area (Å²) in [6.07, 6.45) is -0.147. The minimum atomic E-state index is -0.709. The summed E-state index contributed by atoms with van der Waals surface area (Å²) in [5, 5.41) is 29.9. The Morgan fingerprint density at radius 3 is 2.72 bits per heavy atom. The summed E-state index contributed by atoms with van der Waals surface area (Å²) in [6, 6.07) is 1.42. The van der Waals surface area contributed by atoms with Gasteiger partial charge in [-0.3, -0.25) is 10.1 Å². The fourth-order valence-electron chi connectivity index (χ4n) is 1.62. The van der Waals surface area contributed by atoms with Crippen LogP contribution in [0.2, 0.25) is 0 Å². The first-order valence-electron chi connectivity index (χ1n) is 5.83. The highest BCUT2D eigenvalue weighted by Gasteiger charge is 2.24. The molecule has 0 aliphatic carbocycles. The fraction of sp³-hybridized carbons (Fsp3) is 0.636. The van der Waals surface area contributed by atoms with Gasteiger partial charge in [0.25, 0.3) is 0 Å². The van der Waals surface area contributed by atoms with Crippen molar-refractivity contribution in [2.45, 2.75) is 26.4 Å². The maximum atomic E-state index is 11.0. The molecule has 0 aromatic carbocycles. The van der Waals surface area contributed by atoms with Crippen LogP contribution in [0, 0.1) is 10.1 Å². The third-order valence-electron chi connectivity index (χ3n) is 2.58. The van der Waals surface area contributed by atoms with Gasteiger partial charge in [-0.25, -0.2) is 0 Å². The monoisotopic (exact) mass is 274 g/mol. The molecule has 1 aromatic heterocycles. The molecule has 0 radical (unpaired) electrons. The van der Waals surface area contributed by atoms with E-state index < -0.39 is 11.0 Å². The average molecular weight is 274 g/mol. The van der Waals surface area contributed by atoms with E-state index in [4.69, 9.17) is 5.11 Å². The molecule has 1 heterocycles. The summed E-state index contributed by atoms with van der Waals surface area (Å²) in [5.41, 5.74) is 0.0238. The predicted octanol–water partition coefficient (Wildman–Crippen LogP) is 1.92. The quantitative estimate of drug-likeness (QED) is 0.586. The van der Waals surface area contributed by atoms with Crippen LogP contribution in [0.15, 0.2) is 6.07 Å². The predicted molar refractivity (Wildman–Crippen MR) is 71.2 cm³/mol. The van der Waals surface area contributed by atoms with Crippen LogP contribution in [-0.4, -0.2) is 34.8 Å². The summed E-state index contributed by atoms with van der Waals surface area (Å²) in [5.74, 6) is 0. The van der Waals surface area contributed by atoms with Gasteiger partial charge in [-0.15, -0.1) is 11.3 Å². The molecule has 0 saturated carbocycles. The first-order valence-corrected chi connectivity index (χ1v) is 6.64. The largest absolute Gasteiger partial charge is 0.396 e. The van der Waals surface area contributed by atoms with Gasteiger partial charge in [0.2, 0.25) is 0 Å². The Hall–Kier alpha value is -1.18. The van der Waals surface area contributed by atoms with Crippen molar-refractivity contribution in [3.8, 4) is 0 Å². The number of rotatable bonds is 7. The van der Waals surface area contributed by atoms with E-state index >= 15 is 0 Å². The van der Waals surface area contributed by atoms with Crippen molar-refractivity contribution in [3.63, 3.8) is 0 Å². The molecule has 0 saturated heterocycles. The van der Waals surface area contributed by atoms with Crippen molar-refractivity contribution in [1.82, 2.24) is 0 Å². The lowest BCUT2D eigenvalue weighted by atomic mass is 10.3. The van der Waals surface area contributed by atoms with E-state index in [9.17, 15) is 15.2 Å². The van der Waals surface area contributed by atoms with E-state index in [1.54, 1.807) is 6.92 Å². The molecule has 1 rings (SSSR count). The van der Waals surface area contributed by atoms with E-state index in [0.717, 1.165) is 0 Å². The molecule has 0 aliphatic rings. The van der Waals surface area contributed by atoms with Crippen molar-refractivity contribution < 1.29 is 15.1 Å². The Balaban J connectivity index is 3.06. The molecule has 102 valence electrons. The Bertz CT molecular complexity index is 406. The summed E-state index contributed by atoms with van der Waals surface area (Å²) < 4.78 is 0. The molecule has 7 heteroatoms. The molecule has 6 nitrogen and oxygen atoms in total. The Labute approximate surface area is 110 Å². The number of anilines is 1. The Kier molecular flexibility index (Phi) is 5.52. The zero-order valence-corrected chi connectivity index (χ0v) is 11.3. The zero-order chi connectivity index (χ0) is 13.7. The summed E-state index contributed by atoms with van der Waals surface area (Å²) in [7, 11) is 0. The zero-order valence-electron chi connectivity index (χ0n) is 10.5. The highest BCUT2D eigenvalue weighted by atomic mass is 32.1. The van der Waals surface area contributed by atoms with Crippen molar-refractivity contribution in [2.75, 3.05) is 24.6 Å². The fourth-order valence-corrected chi connectivity index (χ4v) is 2.77. The van der Waals surface area contributed by atoms with Gasteiger partial charge >= 0.3 is 5.69 Å². The van der Waals surface area contributed by atoms with E-state index in [1.807, 2.05) is 11.8 Å². The highest BCUT2D eigenvalue weighted by Crippen LogP contribution is 2.40. The van der Waals surface area contributed by atoms with E-state index in [0.29, 0.717) is 29.4 Å². The maximum absolute atomic E-state index is 11.0. The number of nitro groups is 1. The number of hydrogen-bond donors (Lipinski definition) is 2. The third kappa shape index (κ3) is 3.41. The standard InChI is InChI=1S/C11H18N2O4S/c1-3-12(5-4-6-14)11-9(13(16)17)7-10(18-11)8(2)15/h7-8,14-15H,3-6H2,1-2H3. The van der Waals surface area contributed by atoms with Gasteiger partial charge in [0, 0.05) is 30.6 Å². The minimum Gasteiger partial charge on any atom is -0.396 e. The molecule has 0 fully saturated rings. The third-order valence-corrected chi connectivity index (χ3v) is 3.93. The molecule has 1 unspecified atom stereocenters. The normalized spacial score (nSPS) is 12.4. The molecule has 1 aromatic rings. The van der Waals surface area contributed by atoms with Gasteiger partial charge in [0.05, 0.1) is 11.0 Å². The number of nitrogens with zero attached hydrogens (tertiary/aromatic N) is 2. The van der Waals surface area contributed by atoms with Gasteiger partial charge in [-0.2, -0.15) is 0 Å². The summed E-state index contributed by atoms with van der Waals surface area (Å²) in [4.78, 5) is 13.0. The van der Waals surface area contributed by atoms with Crippen LogP contribution in [0.1, 0.15) is 31.2 Å². The number of aliphatic hydroxyl groups excluding tert-OH is 2. The van der Waals surface area contributed by atoms with Crippen LogP contribution < -0.4 is 4.90 Å². The highest BCUT2D eigenvalue weighted by molar-refractivity contribution is 7.16. The molecule has 2 N–H and O–H groups in total. The molecule has 0 bridgehead atoms. The van der Waals surface area contributed by atoms with Gasteiger partial charge in [-0.1, -0.05) is 0 Å². The second kappa shape index (κ2) is 6.67. The van der Waals surface area contributed by atoms with Gasteiger partial charge in [0.15, 0.2) is 5.00 Å². The summed E-state index contributed by atoms with van der Waals surface area (Å²) >= 11 is 1.23. The van der Waals surface area contributed by atoms with Crippen molar-refractivity contribution in [1.29, 1.82) is 0 Å². The van der Waals surface area contributed by atoms with Crippen LogP contribution >= 0.6 is 11.3 Å². The van der Waals surface area contributed by atoms with E-state index in [2.05, 4.69) is 0 Å². The molecular formula is C11H18N2O4S.